The number of aromatic amines is 2. The molecule has 2 aromatic carbocycles. The van der Waals surface area contributed by atoms with Gasteiger partial charge >= 0.3 is 12.2 Å². The van der Waals surface area contributed by atoms with E-state index in [-0.39, 0.29) is 29.8 Å². The number of benzene rings is 2. The molecule has 59 heavy (non-hydrogen) atoms. The first-order valence-corrected chi connectivity index (χ1v) is 19.8. The molecule has 5 heterocycles. The molecule has 16 nitrogen and oxygen atoms in total. The second kappa shape index (κ2) is 17.6. The smallest absolute Gasteiger partial charge is 0.407 e. The number of hydrogen-bond acceptors (Lipinski definition) is 10. The summed E-state index contributed by atoms with van der Waals surface area (Å²) >= 11 is 0. The highest BCUT2D eigenvalue weighted by Gasteiger charge is 2.39. The van der Waals surface area contributed by atoms with Crippen LogP contribution in [0.4, 0.5) is 9.59 Å². The summed E-state index contributed by atoms with van der Waals surface area (Å²) in [6, 6.07) is 11.6. The van der Waals surface area contributed by atoms with Crippen LogP contribution in [-0.2, 0) is 23.8 Å². The van der Waals surface area contributed by atoms with Crippen molar-refractivity contribution in [3.05, 3.63) is 77.6 Å². The summed E-state index contributed by atoms with van der Waals surface area (Å²) in [5, 5.41) is 7.24. The van der Waals surface area contributed by atoms with Crippen molar-refractivity contribution in [2.45, 2.75) is 76.7 Å². The Morgan fingerprint density at radius 2 is 1.41 bits per heavy atom. The number of alkyl carbamates (subject to hydrolysis) is 2. The Bertz CT molecular complexity index is 2410. The Labute approximate surface area is 341 Å². The SMILES string of the molecule is COC(=O)N[C@H](C(=O)N1CCC[C@H]1c1ncc(-c2ccc(C#Cc3ccc4c(ccc5[nH]c([C@@H]6CCCN6C(=O)[C@@H](NC(=O)OC)[C@@H](C)OC)nc54)c3)cn2)[nH]1)C(C)C. The number of H-pyrrole nitrogens is 2. The van der Waals surface area contributed by atoms with Crippen molar-refractivity contribution in [1.29, 1.82) is 0 Å². The number of methoxy groups -OCH3 is 3. The van der Waals surface area contributed by atoms with E-state index in [1.54, 1.807) is 29.1 Å². The molecule has 4 amide bonds. The van der Waals surface area contributed by atoms with E-state index in [0.717, 1.165) is 64.3 Å². The molecule has 2 saturated heterocycles. The topological polar surface area (TPSA) is 197 Å². The highest BCUT2D eigenvalue weighted by atomic mass is 16.5. The highest BCUT2D eigenvalue weighted by Crippen LogP contribution is 2.35. The molecule has 5 atom stereocenters. The van der Waals surface area contributed by atoms with Gasteiger partial charge in [-0.05, 0) is 74.2 Å². The number of carbonyl (C=O) groups excluding carboxylic acids is 4. The molecule has 7 rings (SSSR count). The number of ether oxygens (including phenoxy) is 3. The van der Waals surface area contributed by atoms with Crippen LogP contribution in [-0.4, -0.2) is 111 Å². The molecule has 3 aromatic heterocycles. The number of carbonyl (C=O) groups is 4. The largest absolute Gasteiger partial charge is 0.453 e. The van der Waals surface area contributed by atoms with E-state index >= 15 is 0 Å². The maximum Gasteiger partial charge on any atom is 0.407 e. The number of amides is 4. The summed E-state index contributed by atoms with van der Waals surface area (Å²) in [7, 11) is 4.03. The van der Waals surface area contributed by atoms with Crippen molar-refractivity contribution in [3.8, 4) is 23.2 Å². The van der Waals surface area contributed by atoms with Gasteiger partial charge in [-0.1, -0.05) is 37.8 Å². The minimum Gasteiger partial charge on any atom is -0.453 e. The van der Waals surface area contributed by atoms with Gasteiger partial charge in [0.15, 0.2) is 0 Å². The first-order valence-electron chi connectivity index (χ1n) is 19.8. The van der Waals surface area contributed by atoms with Crippen LogP contribution in [0.3, 0.4) is 0 Å². The fraction of sp³-hybridized carbons (Fsp3) is 0.419. The lowest BCUT2D eigenvalue weighted by atomic mass is 10.0. The number of aromatic nitrogens is 5. The second-order valence-electron chi connectivity index (χ2n) is 15.2. The van der Waals surface area contributed by atoms with E-state index in [4.69, 9.17) is 19.2 Å². The molecular formula is C43H49N9O7. The molecule has 4 N–H and O–H groups in total. The number of likely N-dealkylation sites (tertiary alicyclic amines) is 2. The van der Waals surface area contributed by atoms with E-state index in [0.29, 0.717) is 30.4 Å². The van der Waals surface area contributed by atoms with Crippen molar-refractivity contribution < 1.29 is 33.4 Å². The van der Waals surface area contributed by atoms with Crippen molar-refractivity contribution >= 4 is 45.8 Å². The Morgan fingerprint density at radius 1 is 0.763 bits per heavy atom. The molecule has 0 bridgehead atoms. The molecule has 2 aliphatic rings. The number of imidazole rings is 2. The zero-order chi connectivity index (χ0) is 41.8. The summed E-state index contributed by atoms with van der Waals surface area (Å²) in [6.45, 7) is 6.61. The van der Waals surface area contributed by atoms with Crippen LogP contribution in [0.25, 0.3) is 33.2 Å². The normalized spacial score (nSPS) is 18.0. The van der Waals surface area contributed by atoms with Gasteiger partial charge in [-0.25, -0.2) is 19.6 Å². The Morgan fingerprint density at radius 3 is 2.05 bits per heavy atom. The van der Waals surface area contributed by atoms with E-state index in [1.807, 2.05) is 56.3 Å². The third kappa shape index (κ3) is 8.56. The zero-order valence-electron chi connectivity index (χ0n) is 34.0. The fourth-order valence-corrected chi connectivity index (χ4v) is 7.85. The van der Waals surface area contributed by atoms with Crippen molar-refractivity contribution in [1.82, 2.24) is 45.4 Å². The minimum absolute atomic E-state index is 0.121. The average molecular weight is 804 g/mol. The third-order valence-corrected chi connectivity index (χ3v) is 11.1. The van der Waals surface area contributed by atoms with E-state index in [1.165, 1.54) is 21.3 Å². The van der Waals surface area contributed by atoms with Crippen LogP contribution in [0.2, 0.25) is 0 Å². The molecule has 0 unspecified atom stereocenters. The maximum absolute atomic E-state index is 13.7. The maximum atomic E-state index is 13.7. The molecule has 0 saturated carbocycles. The summed E-state index contributed by atoms with van der Waals surface area (Å²) in [6.07, 6.45) is 4.64. The molecule has 16 heteroatoms. The summed E-state index contributed by atoms with van der Waals surface area (Å²) in [5.41, 5.74) is 4.65. The molecule has 308 valence electrons. The Balaban J connectivity index is 1.04. The molecule has 2 aliphatic heterocycles. The fourth-order valence-electron chi connectivity index (χ4n) is 7.85. The molecule has 0 spiro atoms. The van der Waals surface area contributed by atoms with Gasteiger partial charge in [-0.15, -0.1) is 0 Å². The molecule has 5 aromatic rings. The van der Waals surface area contributed by atoms with Crippen LogP contribution < -0.4 is 10.6 Å². The summed E-state index contributed by atoms with van der Waals surface area (Å²) < 4.78 is 14.9. The van der Waals surface area contributed by atoms with Crippen molar-refractivity contribution in [3.63, 3.8) is 0 Å². The number of fused-ring (bicyclic) bond motifs is 3. The van der Waals surface area contributed by atoms with Gasteiger partial charge in [0.1, 0.15) is 23.7 Å². The molecule has 0 aliphatic carbocycles. The lowest BCUT2D eigenvalue weighted by Crippen LogP contribution is -2.54. The van der Waals surface area contributed by atoms with Gasteiger partial charge in [-0.2, -0.15) is 0 Å². The lowest BCUT2D eigenvalue weighted by Gasteiger charge is -2.30. The molecule has 0 radical (unpaired) electrons. The van der Waals surface area contributed by atoms with E-state index in [9.17, 15) is 19.2 Å². The minimum atomic E-state index is -0.910. The molecule has 2 fully saturated rings. The monoisotopic (exact) mass is 803 g/mol. The van der Waals surface area contributed by atoms with Crippen LogP contribution in [0, 0.1) is 17.8 Å². The quantitative estimate of drug-likeness (QED) is 0.133. The molecular weight excluding hydrogens is 755 g/mol. The Hall–Kier alpha value is -6.47. The number of hydrogen-bond donors (Lipinski definition) is 4. The first kappa shape index (κ1) is 40.7. The second-order valence-corrected chi connectivity index (χ2v) is 15.2. The van der Waals surface area contributed by atoms with Gasteiger partial charge in [-0.3, -0.25) is 14.6 Å². The van der Waals surface area contributed by atoms with E-state index in [2.05, 4.69) is 42.4 Å². The third-order valence-electron chi connectivity index (χ3n) is 11.1. The first-order chi connectivity index (χ1) is 28.5. The standard InChI is InChI=1S/C43H49N9O7/c1-24(2)35(49-42(55)58-5)40(53)51-19-7-9-33(51)38-45-23-32(47-38)30-17-14-27(22-44-30)12-11-26-13-16-29-28(21-26)15-18-31-37(29)48-39(46-31)34-10-8-20-52(34)41(54)36(25(3)57-4)50-43(56)59-6/h13-18,21-25,33-36H,7-10,19-20H2,1-6H3,(H,45,47)(H,46,48)(H,49,55)(H,50,56)/t25-,33+,34+,35+,36+/m1/s1. The van der Waals surface area contributed by atoms with Gasteiger partial charge in [0.25, 0.3) is 0 Å². The average Bonchev–Trinajstić information content (AvgIpc) is 4.09. The highest BCUT2D eigenvalue weighted by molar-refractivity contribution is 6.04. The number of nitrogens with zero attached hydrogens (tertiary/aromatic N) is 5. The van der Waals surface area contributed by atoms with Crippen molar-refractivity contribution in [2.75, 3.05) is 34.4 Å². The summed E-state index contributed by atoms with van der Waals surface area (Å²) in [4.78, 5) is 75.8. The summed E-state index contributed by atoms with van der Waals surface area (Å²) in [5.74, 6) is 7.29. The zero-order valence-corrected chi connectivity index (χ0v) is 34.0. The lowest BCUT2D eigenvalue weighted by molar-refractivity contribution is -0.137. The van der Waals surface area contributed by atoms with Crippen molar-refractivity contribution in [2.24, 2.45) is 5.92 Å². The number of pyridine rings is 1. The van der Waals surface area contributed by atoms with Crippen LogP contribution >= 0.6 is 0 Å². The van der Waals surface area contributed by atoms with E-state index < -0.39 is 30.4 Å². The predicted octanol–water partition coefficient (Wildman–Crippen LogP) is 5.37. The van der Waals surface area contributed by atoms with Crippen LogP contribution in [0.1, 0.15) is 81.3 Å². The van der Waals surface area contributed by atoms with Gasteiger partial charge in [0.05, 0.1) is 61.0 Å². The number of rotatable bonds is 10. The van der Waals surface area contributed by atoms with Gasteiger partial charge in [0.2, 0.25) is 11.8 Å². The van der Waals surface area contributed by atoms with Gasteiger partial charge < -0.3 is 44.6 Å². The van der Waals surface area contributed by atoms with Crippen LogP contribution in [0.5, 0.6) is 0 Å². The Kier molecular flexibility index (Phi) is 12.1. The number of nitrogens with one attached hydrogen (secondary N) is 4. The predicted molar refractivity (Wildman–Crippen MR) is 219 cm³/mol. The van der Waals surface area contributed by atoms with Gasteiger partial charge in [0, 0.05) is 42.9 Å². The van der Waals surface area contributed by atoms with Crippen LogP contribution in [0.15, 0.2) is 54.9 Å².